The van der Waals surface area contributed by atoms with E-state index in [4.69, 9.17) is 4.98 Å². The molecular formula is C21H31N5. The molecule has 5 nitrogen and oxygen atoms in total. The SMILES string of the molecule is CCN(CC)c1ccc(Nc2nc(C)cc(N3CCCC(C)C3)n2)cc1. The van der Waals surface area contributed by atoms with Crippen molar-refractivity contribution in [3.8, 4) is 0 Å². The number of anilines is 4. The lowest BCUT2D eigenvalue weighted by molar-refractivity contribution is 0.444. The van der Waals surface area contributed by atoms with Gasteiger partial charge in [0.15, 0.2) is 0 Å². The number of aromatic nitrogens is 2. The number of hydrogen-bond acceptors (Lipinski definition) is 5. The molecule has 0 amide bonds. The van der Waals surface area contributed by atoms with Crippen molar-refractivity contribution in [2.45, 2.75) is 40.5 Å². The van der Waals surface area contributed by atoms with Crippen molar-refractivity contribution < 1.29 is 0 Å². The number of benzene rings is 1. The molecule has 1 atom stereocenters. The van der Waals surface area contributed by atoms with Crippen molar-refractivity contribution >= 4 is 23.1 Å². The first-order chi connectivity index (χ1) is 12.6. The Morgan fingerprint density at radius 3 is 2.54 bits per heavy atom. The van der Waals surface area contributed by atoms with Crippen molar-refractivity contribution in [1.82, 2.24) is 9.97 Å². The lowest BCUT2D eigenvalue weighted by Gasteiger charge is -2.32. The summed E-state index contributed by atoms with van der Waals surface area (Å²) in [7, 11) is 0. The zero-order valence-corrected chi connectivity index (χ0v) is 16.5. The highest BCUT2D eigenvalue weighted by atomic mass is 15.2. The highest BCUT2D eigenvalue weighted by molar-refractivity contribution is 5.60. The standard InChI is InChI=1S/C21H31N5/c1-5-25(6-2)19-11-9-18(10-12-19)23-21-22-17(4)14-20(24-21)26-13-7-8-16(3)15-26/h9-12,14,16H,5-8,13,15H2,1-4H3,(H,22,23,24). The maximum Gasteiger partial charge on any atom is 0.229 e. The smallest absolute Gasteiger partial charge is 0.229 e. The fraction of sp³-hybridized carbons (Fsp3) is 0.524. The lowest BCUT2D eigenvalue weighted by atomic mass is 10.0. The summed E-state index contributed by atoms with van der Waals surface area (Å²) in [5.41, 5.74) is 3.26. The summed E-state index contributed by atoms with van der Waals surface area (Å²) in [6.07, 6.45) is 2.55. The summed E-state index contributed by atoms with van der Waals surface area (Å²) in [6, 6.07) is 10.6. The quantitative estimate of drug-likeness (QED) is 0.821. The van der Waals surface area contributed by atoms with Crippen LogP contribution in [-0.2, 0) is 0 Å². The fourth-order valence-corrected chi connectivity index (χ4v) is 3.64. The fourth-order valence-electron chi connectivity index (χ4n) is 3.64. The molecule has 0 bridgehead atoms. The van der Waals surface area contributed by atoms with Crippen LogP contribution >= 0.6 is 0 Å². The average molecular weight is 354 g/mol. The summed E-state index contributed by atoms with van der Waals surface area (Å²) in [6.45, 7) is 12.9. The molecule has 1 aromatic heterocycles. The van der Waals surface area contributed by atoms with Gasteiger partial charge >= 0.3 is 0 Å². The zero-order valence-electron chi connectivity index (χ0n) is 16.5. The van der Waals surface area contributed by atoms with Crippen LogP contribution in [0.1, 0.15) is 39.3 Å². The van der Waals surface area contributed by atoms with Crippen LogP contribution in [0.4, 0.5) is 23.1 Å². The largest absolute Gasteiger partial charge is 0.372 e. The van der Waals surface area contributed by atoms with Gasteiger partial charge in [-0.25, -0.2) is 4.98 Å². The molecule has 1 aliphatic rings. The number of hydrogen-bond donors (Lipinski definition) is 1. The van der Waals surface area contributed by atoms with E-state index < -0.39 is 0 Å². The molecule has 140 valence electrons. The number of nitrogens with one attached hydrogen (secondary N) is 1. The Labute approximate surface area is 157 Å². The van der Waals surface area contributed by atoms with Crippen molar-refractivity contribution in [3.05, 3.63) is 36.0 Å². The Hall–Kier alpha value is -2.30. The molecule has 1 saturated heterocycles. The Morgan fingerprint density at radius 2 is 1.88 bits per heavy atom. The molecule has 2 heterocycles. The molecule has 5 heteroatoms. The Balaban J connectivity index is 1.75. The minimum absolute atomic E-state index is 0.675. The molecule has 0 saturated carbocycles. The molecule has 26 heavy (non-hydrogen) atoms. The van der Waals surface area contributed by atoms with Crippen LogP contribution in [0.2, 0.25) is 0 Å². The summed E-state index contributed by atoms with van der Waals surface area (Å²) >= 11 is 0. The molecule has 1 aromatic carbocycles. The van der Waals surface area contributed by atoms with Crippen molar-refractivity contribution in [1.29, 1.82) is 0 Å². The van der Waals surface area contributed by atoms with E-state index in [1.54, 1.807) is 0 Å². The van der Waals surface area contributed by atoms with Gasteiger partial charge in [-0.15, -0.1) is 0 Å². The highest BCUT2D eigenvalue weighted by Gasteiger charge is 2.18. The third-order valence-electron chi connectivity index (χ3n) is 5.07. The molecule has 0 radical (unpaired) electrons. The van der Waals surface area contributed by atoms with Gasteiger partial charge in [0.05, 0.1) is 0 Å². The first-order valence-electron chi connectivity index (χ1n) is 9.81. The Kier molecular flexibility index (Phi) is 5.96. The molecule has 0 spiro atoms. The number of piperidine rings is 1. The lowest BCUT2D eigenvalue weighted by Crippen LogP contribution is -2.35. The van der Waals surface area contributed by atoms with Gasteiger partial charge in [0, 0.05) is 49.3 Å². The van der Waals surface area contributed by atoms with E-state index in [9.17, 15) is 0 Å². The molecule has 1 N–H and O–H groups in total. The monoisotopic (exact) mass is 353 g/mol. The maximum absolute atomic E-state index is 4.77. The van der Waals surface area contributed by atoms with Crippen LogP contribution in [0, 0.1) is 12.8 Å². The molecule has 2 aromatic rings. The first-order valence-corrected chi connectivity index (χ1v) is 9.81. The van der Waals surface area contributed by atoms with Gasteiger partial charge in [-0.05, 0) is 63.8 Å². The van der Waals surface area contributed by atoms with Crippen molar-refractivity contribution in [2.75, 3.05) is 41.3 Å². The number of aryl methyl sites for hydroxylation is 1. The second-order valence-electron chi connectivity index (χ2n) is 7.23. The predicted molar refractivity (Wildman–Crippen MR) is 111 cm³/mol. The van der Waals surface area contributed by atoms with Crippen LogP contribution < -0.4 is 15.1 Å². The van der Waals surface area contributed by atoms with E-state index in [0.717, 1.165) is 49.3 Å². The highest BCUT2D eigenvalue weighted by Crippen LogP contribution is 2.24. The topological polar surface area (TPSA) is 44.3 Å². The van der Waals surface area contributed by atoms with Crippen LogP contribution in [0.25, 0.3) is 0 Å². The van der Waals surface area contributed by atoms with Crippen LogP contribution in [0.5, 0.6) is 0 Å². The van der Waals surface area contributed by atoms with E-state index in [1.165, 1.54) is 18.5 Å². The van der Waals surface area contributed by atoms with Crippen molar-refractivity contribution in [2.24, 2.45) is 5.92 Å². The maximum atomic E-state index is 4.77. The average Bonchev–Trinajstić information content (AvgIpc) is 2.64. The molecule has 3 rings (SSSR count). The first kappa shape index (κ1) is 18.5. The van der Waals surface area contributed by atoms with Crippen LogP contribution in [-0.4, -0.2) is 36.1 Å². The Morgan fingerprint density at radius 1 is 1.15 bits per heavy atom. The van der Waals surface area contributed by atoms with Gasteiger partial charge < -0.3 is 15.1 Å². The van der Waals surface area contributed by atoms with E-state index in [0.29, 0.717) is 5.95 Å². The number of nitrogens with zero attached hydrogens (tertiary/aromatic N) is 4. The normalized spacial score (nSPS) is 17.2. The molecule has 1 fully saturated rings. The van der Waals surface area contributed by atoms with Crippen molar-refractivity contribution in [3.63, 3.8) is 0 Å². The molecule has 1 aliphatic heterocycles. The third kappa shape index (κ3) is 4.45. The second-order valence-corrected chi connectivity index (χ2v) is 7.23. The van der Waals surface area contributed by atoms with Gasteiger partial charge in [-0.3, -0.25) is 0 Å². The molecule has 1 unspecified atom stereocenters. The summed E-state index contributed by atoms with van der Waals surface area (Å²) in [5.74, 6) is 2.43. The van der Waals surface area contributed by atoms with Crippen LogP contribution in [0.3, 0.4) is 0 Å². The van der Waals surface area contributed by atoms with E-state index in [1.807, 2.05) is 6.92 Å². The minimum Gasteiger partial charge on any atom is -0.372 e. The summed E-state index contributed by atoms with van der Waals surface area (Å²) in [5, 5.41) is 3.37. The van der Waals surface area contributed by atoms with Gasteiger partial charge in [-0.1, -0.05) is 6.92 Å². The zero-order chi connectivity index (χ0) is 18.5. The van der Waals surface area contributed by atoms with Crippen LogP contribution in [0.15, 0.2) is 30.3 Å². The van der Waals surface area contributed by atoms with E-state index in [-0.39, 0.29) is 0 Å². The second kappa shape index (κ2) is 8.39. The molecule has 0 aliphatic carbocycles. The van der Waals surface area contributed by atoms with Gasteiger partial charge in [0.2, 0.25) is 5.95 Å². The van der Waals surface area contributed by atoms with Gasteiger partial charge in [-0.2, -0.15) is 4.98 Å². The summed E-state index contributed by atoms with van der Waals surface area (Å²) < 4.78 is 0. The molecular weight excluding hydrogens is 322 g/mol. The third-order valence-corrected chi connectivity index (χ3v) is 5.07. The number of rotatable bonds is 6. The Bertz CT molecular complexity index is 709. The minimum atomic E-state index is 0.675. The van der Waals surface area contributed by atoms with Gasteiger partial charge in [0.25, 0.3) is 0 Å². The van der Waals surface area contributed by atoms with E-state index in [2.05, 4.69) is 71.2 Å². The van der Waals surface area contributed by atoms with Gasteiger partial charge in [0.1, 0.15) is 5.82 Å². The summed E-state index contributed by atoms with van der Waals surface area (Å²) in [4.78, 5) is 14.1. The predicted octanol–water partition coefficient (Wildman–Crippen LogP) is 4.61. The van der Waals surface area contributed by atoms with E-state index >= 15 is 0 Å².